The lowest BCUT2D eigenvalue weighted by Crippen LogP contribution is -1.98. The molecule has 0 spiro atoms. The quantitative estimate of drug-likeness (QED) is 0.708. The van der Waals surface area contributed by atoms with Crippen LogP contribution in [0, 0.1) is 0 Å². The van der Waals surface area contributed by atoms with E-state index in [1.165, 1.54) is 0 Å². The zero-order chi connectivity index (χ0) is 10.3. The Morgan fingerprint density at radius 1 is 1.36 bits per heavy atom. The molecule has 2 nitrogen and oxygen atoms in total. The topological polar surface area (TPSA) is 34.1 Å². The first kappa shape index (κ1) is 9.59. The van der Waals surface area contributed by atoms with Crippen LogP contribution in [0.4, 0.5) is 0 Å². The van der Waals surface area contributed by atoms with Crippen LogP contribution in [0.25, 0.3) is 0 Å². The summed E-state index contributed by atoms with van der Waals surface area (Å²) in [6, 6.07) is 5.67. The molecule has 0 radical (unpaired) electrons. The van der Waals surface area contributed by atoms with Gasteiger partial charge < -0.3 is 0 Å². The Labute approximate surface area is 85.8 Å². The van der Waals surface area contributed by atoms with Crippen molar-refractivity contribution in [2.24, 2.45) is 0 Å². The minimum absolute atomic E-state index is 0.0147. The zero-order valence-corrected chi connectivity index (χ0v) is 9.06. The van der Waals surface area contributed by atoms with Gasteiger partial charge in [0, 0.05) is 5.56 Å². The maximum absolute atomic E-state index is 11.5. The summed E-state index contributed by atoms with van der Waals surface area (Å²) in [6.45, 7) is 4.16. The molecule has 0 saturated carbocycles. The average molecular weight is 208 g/mol. The molecule has 1 atom stereocenters. The number of hydrogen-bond acceptors (Lipinski definition) is 2. The highest BCUT2D eigenvalue weighted by atomic mass is 32.2. The zero-order valence-electron chi connectivity index (χ0n) is 8.24. The van der Waals surface area contributed by atoms with Crippen molar-refractivity contribution in [3.63, 3.8) is 0 Å². The fourth-order valence-electron chi connectivity index (χ4n) is 1.60. The second-order valence-electron chi connectivity index (χ2n) is 3.82. The van der Waals surface area contributed by atoms with Crippen molar-refractivity contribution in [1.82, 2.24) is 0 Å². The first-order valence-corrected chi connectivity index (χ1v) is 5.97. The summed E-state index contributed by atoms with van der Waals surface area (Å²) in [4.78, 5) is 12.2. The average Bonchev–Trinajstić information content (AvgIpc) is 2.42. The molecule has 1 aliphatic heterocycles. The van der Waals surface area contributed by atoms with Crippen LogP contribution < -0.4 is 0 Å². The molecule has 0 N–H and O–H groups in total. The molecule has 3 heteroatoms. The van der Waals surface area contributed by atoms with Crippen LogP contribution in [0.1, 0.15) is 35.7 Å². The van der Waals surface area contributed by atoms with Crippen LogP contribution in [-0.4, -0.2) is 15.7 Å². The molecular formula is C11H12O2S. The van der Waals surface area contributed by atoms with Gasteiger partial charge in [0.05, 0.1) is 21.4 Å². The van der Waals surface area contributed by atoms with Crippen molar-refractivity contribution in [2.45, 2.75) is 24.7 Å². The van der Waals surface area contributed by atoms with Gasteiger partial charge in [-0.25, -0.2) is 0 Å². The molecule has 1 aliphatic rings. The Balaban J connectivity index is 2.55. The molecule has 2 rings (SSSR count). The highest BCUT2D eigenvalue weighted by Crippen LogP contribution is 2.26. The summed E-state index contributed by atoms with van der Waals surface area (Å²) in [6.07, 6.45) is 0. The van der Waals surface area contributed by atoms with E-state index in [2.05, 4.69) is 13.8 Å². The van der Waals surface area contributed by atoms with Crippen molar-refractivity contribution in [2.75, 3.05) is 5.75 Å². The van der Waals surface area contributed by atoms with Crippen LogP contribution in [0.5, 0.6) is 0 Å². The highest BCUT2D eigenvalue weighted by Gasteiger charge is 2.26. The smallest absolute Gasteiger partial charge is 0.176 e. The van der Waals surface area contributed by atoms with Crippen LogP contribution in [0.3, 0.4) is 0 Å². The number of hydrogen-bond donors (Lipinski definition) is 0. The first-order valence-electron chi connectivity index (χ1n) is 4.65. The van der Waals surface area contributed by atoms with E-state index in [4.69, 9.17) is 0 Å². The molecule has 0 aromatic heterocycles. The molecule has 1 aromatic rings. The Kier molecular flexibility index (Phi) is 2.27. The lowest BCUT2D eigenvalue weighted by molar-refractivity contribution is 0.102. The largest absolute Gasteiger partial charge is 0.293 e. The molecule has 0 aliphatic carbocycles. The van der Waals surface area contributed by atoms with Crippen LogP contribution >= 0.6 is 0 Å². The van der Waals surface area contributed by atoms with Gasteiger partial charge in [0.15, 0.2) is 5.78 Å². The summed E-state index contributed by atoms with van der Waals surface area (Å²) in [7, 11) is -1.10. The molecule has 0 fully saturated rings. The summed E-state index contributed by atoms with van der Waals surface area (Å²) in [5, 5.41) is 0. The number of Topliss-reactive ketones (excluding diaryl/α,β-unsaturated/α-hetero) is 1. The molecule has 1 unspecified atom stereocenters. The van der Waals surface area contributed by atoms with Crippen LogP contribution in [-0.2, 0) is 10.8 Å². The van der Waals surface area contributed by atoms with E-state index < -0.39 is 10.8 Å². The molecule has 14 heavy (non-hydrogen) atoms. The maximum atomic E-state index is 11.5. The lowest BCUT2D eigenvalue weighted by atomic mass is 10.00. The summed E-state index contributed by atoms with van der Waals surface area (Å²) in [5.74, 6) is 0.583. The Morgan fingerprint density at radius 3 is 2.71 bits per heavy atom. The van der Waals surface area contributed by atoms with E-state index >= 15 is 0 Å². The van der Waals surface area contributed by atoms with Gasteiger partial charge in [0.2, 0.25) is 0 Å². The van der Waals surface area contributed by atoms with Gasteiger partial charge in [0.1, 0.15) is 0 Å². The minimum atomic E-state index is -1.10. The van der Waals surface area contributed by atoms with Gasteiger partial charge in [0.25, 0.3) is 0 Å². The van der Waals surface area contributed by atoms with Gasteiger partial charge in [-0.2, -0.15) is 0 Å². The van der Waals surface area contributed by atoms with Gasteiger partial charge in [-0.05, 0) is 23.6 Å². The van der Waals surface area contributed by atoms with Crippen molar-refractivity contribution < 1.29 is 9.00 Å². The van der Waals surface area contributed by atoms with E-state index in [1.807, 2.05) is 18.2 Å². The first-order chi connectivity index (χ1) is 6.59. The molecule has 0 saturated heterocycles. The van der Waals surface area contributed by atoms with Crippen molar-refractivity contribution in [1.29, 1.82) is 0 Å². The Bertz CT molecular complexity index is 421. The molecule has 0 bridgehead atoms. The summed E-state index contributed by atoms with van der Waals surface area (Å²) >= 11 is 0. The third-order valence-electron chi connectivity index (χ3n) is 2.48. The van der Waals surface area contributed by atoms with Crippen LogP contribution in [0.15, 0.2) is 23.1 Å². The molecule has 0 amide bonds. The highest BCUT2D eigenvalue weighted by molar-refractivity contribution is 7.86. The van der Waals surface area contributed by atoms with E-state index in [0.717, 1.165) is 5.56 Å². The number of carbonyl (C=O) groups is 1. The van der Waals surface area contributed by atoms with Crippen molar-refractivity contribution in [3.05, 3.63) is 29.3 Å². The fourth-order valence-corrected chi connectivity index (χ4v) is 2.78. The van der Waals surface area contributed by atoms with E-state index in [-0.39, 0.29) is 11.5 Å². The molecular weight excluding hydrogens is 196 g/mol. The van der Waals surface area contributed by atoms with E-state index in [9.17, 15) is 9.00 Å². The van der Waals surface area contributed by atoms with E-state index in [1.54, 1.807) is 0 Å². The molecule has 74 valence electrons. The number of benzene rings is 1. The third-order valence-corrected chi connectivity index (χ3v) is 3.85. The van der Waals surface area contributed by atoms with Crippen molar-refractivity contribution >= 4 is 16.6 Å². The second-order valence-corrected chi connectivity index (χ2v) is 5.24. The normalized spacial score (nSPS) is 20.2. The predicted octanol–water partition coefficient (Wildman–Crippen LogP) is 2.11. The standard InChI is InChI=1S/C11H12O2S/c1-7(2)8-3-4-11-9(5-8)10(12)6-14(11)13/h3-5,7H,6H2,1-2H3. The number of fused-ring (bicyclic) bond motifs is 1. The van der Waals surface area contributed by atoms with Crippen LogP contribution in [0.2, 0.25) is 0 Å². The number of rotatable bonds is 1. The minimum Gasteiger partial charge on any atom is -0.293 e. The van der Waals surface area contributed by atoms with Crippen molar-refractivity contribution in [3.8, 4) is 0 Å². The second kappa shape index (κ2) is 3.31. The van der Waals surface area contributed by atoms with E-state index in [0.29, 0.717) is 16.4 Å². The van der Waals surface area contributed by atoms with Gasteiger partial charge in [-0.1, -0.05) is 19.9 Å². The monoisotopic (exact) mass is 208 g/mol. The lowest BCUT2D eigenvalue weighted by Gasteiger charge is -2.06. The Hall–Kier alpha value is -0.960. The number of carbonyl (C=O) groups excluding carboxylic acids is 1. The number of ketones is 1. The molecule has 1 heterocycles. The fraction of sp³-hybridized carbons (Fsp3) is 0.364. The SMILES string of the molecule is CC(C)c1ccc2c(c1)C(=O)CS2=O. The summed E-state index contributed by atoms with van der Waals surface area (Å²) in [5.41, 5.74) is 1.80. The predicted molar refractivity (Wildman–Crippen MR) is 56.1 cm³/mol. The Morgan fingerprint density at radius 2 is 2.07 bits per heavy atom. The molecule has 1 aromatic carbocycles. The van der Waals surface area contributed by atoms with Gasteiger partial charge in [-0.3, -0.25) is 9.00 Å². The maximum Gasteiger partial charge on any atom is 0.176 e. The summed E-state index contributed by atoms with van der Waals surface area (Å²) < 4.78 is 11.4. The van der Waals surface area contributed by atoms with Gasteiger partial charge >= 0.3 is 0 Å². The third kappa shape index (κ3) is 1.42. The van der Waals surface area contributed by atoms with Gasteiger partial charge in [-0.15, -0.1) is 0 Å².